The van der Waals surface area contributed by atoms with E-state index in [9.17, 15) is 28.8 Å². The second kappa shape index (κ2) is 15.6. The van der Waals surface area contributed by atoms with Crippen molar-refractivity contribution in [2.24, 2.45) is 0 Å². The average molecular weight is 589 g/mol. The fourth-order valence-electron chi connectivity index (χ4n) is 3.66. The average Bonchev–Trinajstić information content (AvgIpc) is 2.92. The fourth-order valence-corrected chi connectivity index (χ4v) is 3.66. The largest absolute Gasteiger partial charge is 0.497 e. The van der Waals surface area contributed by atoms with E-state index < -0.39 is 60.1 Å². The molecule has 0 saturated carbocycles. The summed E-state index contributed by atoms with van der Waals surface area (Å²) < 4.78 is 31.2. The molecule has 0 saturated heterocycles. The zero-order valence-corrected chi connectivity index (χ0v) is 23.8. The van der Waals surface area contributed by atoms with Crippen molar-refractivity contribution in [3.63, 3.8) is 0 Å². The lowest BCUT2D eigenvalue weighted by Crippen LogP contribution is -2.57. The van der Waals surface area contributed by atoms with Crippen molar-refractivity contribution in [2.45, 2.75) is 52.1 Å². The molecule has 0 unspecified atom stereocenters. The van der Waals surface area contributed by atoms with Gasteiger partial charge in [0.25, 0.3) is 11.8 Å². The van der Waals surface area contributed by atoms with Crippen LogP contribution in [0.3, 0.4) is 0 Å². The first-order chi connectivity index (χ1) is 19.8. The molecule has 226 valence electrons. The van der Waals surface area contributed by atoms with E-state index in [1.807, 2.05) is 0 Å². The normalized spacial score (nSPS) is 13.2. The summed E-state index contributed by atoms with van der Waals surface area (Å²) in [6.45, 7) is 3.92. The molecule has 0 spiro atoms. The molecule has 2 aromatic carbocycles. The molecule has 0 radical (unpaired) electrons. The molecule has 0 aromatic heterocycles. The minimum atomic E-state index is -1.98. The van der Waals surface area contributed by atoms with Gasteiger partial charge in [0.1, 0.15) is 11.5 Å². The zero-order valence-electron chi connectivity index (χ0n) is 23.8. The molecule has 14 heteroatoms. The van der Waals surface area contributed by atoms with Gasteiger partial charge in [-0.05, 0) is 48.5 Å². The highest BCUT2D eigenvalue weighted by atomic mass is 16.6. The molecule has 0 heterocycles. The van der Waals surface area contributed by atoms with Crippen LogP contribution >= 0.6 is 0 Å². The van der Waals surface area contributed by atoms with Gasteiger partial charge in [0, 0.05) is 39.1 Å². The second-order valence-corrected chi connectivity index (χ2v) is 8.64. The Bertz CT molecular complexity index is 1180. The molecule has 0 aliphatic carbocycles. The van der Waals surface area contributed by atoms with Crippen LogP contribution in [0.15, 0.2) is 48.5 Å². The summed E-state index contributed by atoms with van der Waals surface area (Å²) in [5.41, 5.74) is 0.467. The Balaban J connectivity index is 2.56. The van der Waals surface area contributed by atoms with Crippen molar-refractivity contribution >= 4 is 47.1 Å². The highest BCUT2D eigenvalue weighted by Gasteiger charge is 2.49. The smallest absolute Gasteiger partial charge is 0.303 e. The van der Waals surface area contributed by atoms with Crippen molar-refractivity contribution in [3.05, 3.63) is 48.5 Å². The van der Waals surface area contributed by atoms with E-state index in [4.69, 9.17) is 28.4 Å². The first-order valence-electron chi connectivity index (χ1n) is 12.4. The highest BCUT2D eigenvalue weighted by Crippen LogP contribution is 2.24. The van der Waals surface area contributed by atoms with Crippen molar-refractivity contribution in [1.82, 2.24) is 0 Å². The Labute approximate surface area is 241 Å². The molecular weight excluding hydrogens is 556 g/mol. The maximum absolute atomic E-state index is 13.4. The van der Waals surface area contributed by atoms with Crippen LogP contribution < -0.4 is 20.1 Å². The summed E-state index contributed by atoms with van der Waals surface area (Å²) in [7, 11) is 2.90. The molecule has 0 bridgehead atoms. The lowest BCUT2D eigenvalue weighted by molar-refractivity contribution is -0.198. The van der Waals surface area contributed by atoms with Crippen LogP contribution in [-0.2, 0) is 47.7 Å². The summed E-state index contributed by atoms with van der Waals surface area (Å²) in [6.07, 6.45) is -7.88. The number of nitrogens with one attached hydrogen (secondary N) is 2. The number of rotatable bonds is 13. The highest BCUT2D eigenvalue weighted by molar-refractivity contribution is 5.98. The quantitative estimate of drug-likeness (QED) is 0.257. The maximum Gasteiger partial charge on any atom is 0.303 e. The van der Waals surface area contributed by atoms with Gasteiger partial charge in [-0.25, -0.2) is 0 Å². The maximum atomic E-state index is 13.4. The number of benzene rings is 2. The SMILES string of the molecule is COc1ccc(NC(=O)[C@H](OC(C)=O)[C@H](OC(C)=O)[C@@H](OC(C)=O)[C@@H](OC(C)=O)C(=O)Nc2ccc(OC)cc2)cc1. The predicted molar refractivity (Wildman–Crippen MR) is 145 cm³/mol. The minimum absolute atomic E-state index is 0.234. The summed E-state index contributed by atoms with van der Waals surface area (Å²) in [5.74, 6) is -5.00. The Hall–Kier alpha value is -5.14. The molecular formula is C28H32N2O12. The fraction of sp³-hybridized carbons (Fsp3) is 0.357. The van der Waals surface area contributed by atoms with Crippen LogP contribution in [0, 0.1) is 0 Å². The third-order valence-electron chi connectivity index (χ3n) is 5.34. The molecule has 2 amide bonds. The standard InChI is InChI=1S/C28H32N2O12/c1-15(31)39-23(25(41-17(3)33)27(35)29-19-7-11-21(37-5)12-8-19)24(40-16(2)32)26(42-18(4)34)28(36)30-20-9-13-22(38-6)14-10-20/h7-14,23-26H,1-6H3,(H,29,35)(H,30,36)/t23-,24-,25-,26-/m1/s1. The number of ether oxygens (including phenoxy) is 6. The van der Waals surface area contributed by atoms with Crippen LogP contribution in [0.5, 0.6) is 11.5 Å². The summed E-state index contributed by atoms with van der Waals surface area (Å²) >= 11 is 0. The van der Waals surface area contributed by atoms with Crippen LogP contribution in [0.2, 0.25) is 0 Å². The molecule has 4 atom stereocenters. The van der Waals surface area contributed by atoms with Gasteiger partial charge < -0.3 is 39.1 Å². The van der Waals surface area contributed by atoms with Crippen molar-refractivity contribution in [2.75, 3.05) is 24.9 Å². The number of amides is 2. The second-order valence-electron chi connectivity index (χ2n) is 8.64. The van der Waals surface area contributed by atoms with E-state index in [0.29, 0.717) is 11.5 Å². The zero-order chi connectivity index (χ0) is 31.4. The Morgan fingerprint density at radius 1 is 0.500 bits per heavy atom. The first-order valence-corrected chi connectivity index (χ1v) is 12.4. The number of anilines is 2. The monoisotopic (exact) mass is 588 g/mol. The number of hydrogen-bond donors (Lipinski definition) is 2. The molecule has 14 nitrogen and oxygen atoms in total. The van der Waals surface area contributed by atoms with Crippen LogP contribution in [0.4, 0.5) is 11.4 Å². The van der Waals surface area contributed by atoms with Crippen LogP contribution in [-0.4, -0.2) is 74.3 Å². The van der Waals surface area contributed by atoms with Gasteiger partial charge >= 0.3 is 23.9 Å². The van der Waals surface area contributed by atoms with Crippen LogP contribution in [0.25, 0.3) is 0 Å². The van der Waals surface area contributed by atoms with E-state index in [2.05, 4.69) is 10.6 Å². The number of hydrogen-bond acceptors (Lipinski definition) is 12. The summed E-state index contributed by atoms with van der Waals surface area (Å²) in [6, 6.07) is 12.1. The summed E-state index contributed by atoms with van der Waals surface area (Å²) in [4.78, 5) is 75.3. The molecule has 42 heavy (non-hydrogen) atoms. The number of methoxy groups -OCH3 is 2. The van der Waals surface area contributed by atoms with Gasteiger partial charge in [0.2, 0.25) is 12.2 Å². The van der Waals surface area contributed by atoms with E-state index in [1.165, 1.54) is 38.5 Å². The van der Waals surface area contributed by atoms with Crippen molar-refractivity contribution < 1.29 is 57.2 Å². The van der Waals surface area contributed by atoms with Gasteiger partial charge in [-0.15, -0.1) is 0 Å². The van der Waals surface area contributed by atoms with Crippen LogP contribution in [0.1, 0.15) is 27.7 Å². The minimum Gasteiger partial charge on any atom is -0.497 e. The van der Waals surface area contributed by atoms with Gasteiger partial charge in [0.15, 0.2) is 12.2 Å². The summed E-state index contributed by atoms with van der Waals surface area (Å²) in [5, 5.41) is 4.99. The van der Waals surface area contributed by atoms with Crippen molar-refractivity contribution in [1.29, 1.82) is 0 Å². The Kier molecular flexibility index (Phi) is 12.3. The molecule has 0 aliphatic heterocycles. The molecule has 2 rings (SSSR count). The molecule has 2 aromatic rings. The predicted octanol–water partition coefficient (Wildman–Crippen LogP) is 2.01. The molecule has 2 N–H and O–H groups in total. The van der Waals surface area contributed by atoms with Gasteiger partial charge in [-0.3, -0.25) is 28.8 Å². The van der Waals surface area contributed by atoms with E-state index >= 15 is 0 Å². The lowest BCUT2D eigenvalue weighted by Gasteiger charge is -2.34. The lowest BCUT2D eigenvalue weighted by atomic mass is 10.00. The number of carbonyl (C=O) groups is 6. The van der Waals surface area contributed by atoms with Gasteiger partial charge in [-0.2, -0.15) is 0 Å². The van der Waals surface area contributed by atoms with Crippen molar-refractivity contribution in [3.8, 4) is 11.5 Å². The van der Waals surface area contributed by atoms with E-state index in [1.54, 1.807) is 24.3 Å². The molecule has 0 fully saturated rings. The number of carbonyl (C=O) groups excluding carboxylic acids is 6. The van der Waals surface area contributed by atoms with E-state index in [0.717, 1.165) is 27.7 Å². The third kappa shape index (κ3) is 10.1. The Morgan fingerprint density at radius 3 is 1.02 bits per heavy atom. The number of esters is 4. The van der Waals surface area contributed by atoms with E-state index in [-0.39, 0.29) is 11.4 Å². The topological polar surface area (TPSA) is 182 Å². The molecule has 0 aliphatic rings. The van der Waals surface area contributed by atoms with Gasteiger partial charge in [0.05, 0.1) is 14.2 Å². The first kappa shape index (κ1) is 33.1. The van der Waals surface area contributed by atoms with Gasteiger partial charge in [-0.1, -0.05) is 0 Å². The third-order valence-corrected chi connectivity index (χ3v) is 5.34. The Morgan fingerprint density at radius 2 is 0.786 bits per heavy atom.